The Labute approximate surface area is 178 Å². The number of nitriles is 1. The van der Waals surface area contributed by atoms with Crippen molar-refractivity contribution < 1.29 is 14.3 Å². The van der Waals surface area contributed by atoms with E-state index in [0.717, 1.165) is 17.1 Å². The lowest BCUT2D eigenvalue weighted by Crippen LogP contribution is -2.52. The van der Waals surface area contributed by atoms with Crippen molar-refractivity contribution in [2.24, 2.45) is 0 Å². The van der Waals surface area contributed by atoms with Crippen molar-refractivity contribution in [1.82, 2.24) is 15.0 Å². The number of H-pyrrole nitrogens is 1. The Morgan fingerprint density at radius 2 is 2.13 bits per heavy atom. The minimum atomic E-state index is -1.05. The van der Waals surface area contributed by atoms with Crippen molar-refractivity contribution in [2.75, 3.05) is 29.4 Å². The van der Waals surface area contributed by atoms with Crippen LogP contribution in [0.1, 0.15) is 18.2 Å². The summed E-state index contributed by atoms with van der Waals surface area (Å²) in [6.07, 6.45) is 2.89. The van der Waals surface area contributed by atoms with Crippen LogP contribution in [0.2, 0.25) is 0 Å². The smallest absolute Gasteiger partial charge is 0.307 e. The van der Waals surface area contributed by atoms with Crippen molar-refractivity contribution in [2.45, 2.75) is 19.4 Å². The molecule has 1 saturated heterocycles. The number of imidazole rings is 1. The number of anilines is 2. The van der Waals surface area contributed by atoms with Gasteiger partial charge >= 0.3 is 5.97 Å². The van der Waals surface area contributed by atoms with E-state index in [-0.39, 0.29) is 18.0 Å². The molecule has 1 fully saturated rings. The lowest BCUT2D eigenvalue weighted by molar-refractivity contribution is -0.136. The van der Waals surface area contributed by atoms with Gasteiger partial charge in [0.25, 0.3) is 0 Å². The Balaban J connectivity index is 1.44. The van der Waals surface area contributed by atoms with Crippen LogP contribution in [0.3, 0.4) is 0 Å². The molecular weight excluding hydrogens is 399 g/mol. The molecule has 31 heavy (non-hydrogen) atoms. The second kappa shape index (κ2) is 8.44. The van der Waals surface area contributed by atoms with E-state index >= 15 is 0 Å². The Kier molecular flexibility index (Phi) is 5.54. The Morgan fingerprint density at radius 1 is 1.29 bits per heavy atom. The van der Waals surface area contributed by atoms with E-state index in [2.05, 4.69) is 31.7 Å². The summed E-state index contributed by atoms with van der Waals surface area (Å²) in [4.78, 5) is 26.8. The fourth-order valence-corrected chi connectivity index (χ4v) is 3.79. The second-order valence-corrected chi connectivity index (χ2v) is 7.50. The Bertz CT molecular complexity index is 1140. The van der Waals surface area contributed by atoms with Crippen LogP contribution in [0.15, 0.2) is 42.7 Å². The number of carbonyl (C=O) groups is 1. The summed E-state index contributed by atoms with van der Waals surface area (Å²) in [5.74, 6) is -0.109. The topological polar surface area (TPSA) is 109 Å². The lowest BCUT2D eigenvalue weighted by atomic mass is 10.1. The highest BCUT2D eigenvalue weighted by Crippen LogP contribution is 2.26. The summed E-state index contributed by atoms with van der Waals surface area (Å²) in [5.41, 5.74) is 2.13. The number of aliphatic carboxylic acids is 1. The molecule has 1 atom stereocenters. The summed E-state index contributed by atoms with van der Waals surface area (Å²) in [7, 11) is 0. The highest BCUT2D eigenvalue weighted by Gasteiger charge is 2.25. The number of nitrogens with one attached hydrogen (secondary N) is 1. The number of benzene rings is 1. The molecule has 0 radical (unpaired) electrons. The number of carboxylic acids is 1. The zero-order valence-electron chi connectivity index (χ0n) is 16.9. The molecule has 0 spiro atoms. The maximum atomic E-state index is 14.3. The van der Waals surface area contributed by atoms with Gasteiger partial charge in [0.1, 0.15) is 29.2 Å². The van der Waals surface area contributed by atoms with Crippen LogP contribution in [0.5, 0.6) is 0 Å². The molecule has 8 nitrogen and oxygen atoms in total. The van der Waals surface area contributed by atoms with E-state index in [1.165, 1.54) is 12.3 Å². The van der Waals surface area contributed by atoms with Gasteiger partial charge in [-0.05, 0) is 36.8 Å². The molecule has 1 aliphatic heterocycles. The molecule has 1 aliphatic rings. The molecule has 3 heterocycles. The van der Waals surface area contributed by atoms with E-state index in [4.69, 9.17) is 10.4 Å². The second-order valence-electron chi connectivity index (χ2n) is 7.50. The number of aromatic amines is 1. The largest absolute Gasteiger partial charge is 0.481 e. The van der Waals surface area contributed by atoms with E-state index in [9.17, 15) is 9.18 Å². The third-order valence-electron chi connectivity index (χ3n) is 5.38. The number of hydrogen-bond acceptors (Lipinski definition) is 6. The first-order valence-corrected chi connectivity index (χ1v) is 9.88. The van der Waals surface area contributed by atoms with Crippen molar-refractivity contribution >= 4 is 17.5 Å². The molecule has 0 amide bonds. The first-order chi connectivity index (χ1) is 14.9. The van der Waals surface area contributed by atoms with Gasteiger partial charge in [-0.2, -0.15) is 5.26 Å². The molecule has 0 bridgehead atoms. The predicted octanol–water partition coefficient (Wildman–Crippen LogP) is 2.82. The first kappa shape index (κ1) is 20.3. The SMILES string of the molecule is C[C@H]1CN(c2ccc(CC(=O)O)c(F)c2)CCN1c1ccc(-c2ncc(C#N)[nH]2)cn1. The number of aromatic nitrogens is 3. The summed E-state index contributed by atoms with van der Waals surface area (Å²) in [6, 6.07) is 10.7. The molecule has 1 aromatic carbocycles. The van der Waals surface area contributed by atoms with Gasteiger partial charge < -0.3 is 19.9 Å². The molecule has 2 aromatic heterocycles. The van der Waals surface area contributed by atoms with Crippen molar-refractivity contribution in [1.29, 1.82) is 5.26 Å². The van der Waals surface area contributed by atoms with Gasteiger partial charge in [-0.25, -0.2) is 14.4 Å². The van der Waals surface area contributed by atoms with Crippen molar-refractivity contribution in [3.63, 3.8) is 0 Å². The minimum Gasteiger partial charge on any atom is -0.481 e. The monoisotopic (exact) mass is 420 g/mol. The number of rotatable bonds is 5. The fourth-order valence-electron chi connectivity index (χ4n) is 3.79. The minimum absolute atomic E-state index is 0.141. The third kappa shape index (κ3) is 4.33. The highest BCUT2D eigenvalue weighted by atomic mass is 19.1. The molecule has 0 saturated carbocycles. The molecule has 3 aromatic rings. The van der Waals surface area contributed by atoms with Gasteiger partial charge in [-0.3, -0.25) is 4.79 Å². The fraction of sp³-hybridized carbons (Fsp3) is 0.273. The summed E-state index contributed by atoms with van der Waals surface area (Å²) in [6.45, 7) is 4.17. The number of hydrogen-bond donors (Lipinski definition) is 2. The highest BCUT2D eigenvalue weighted by molar-refractivity contribution is 5.70. The van der Waals surface area contributed by atoms with E-state index in [1.54, 1.807) is 18.3 Å². The van der Waals surface area contributed by atoms with Crippen LogP contribution in [0.25, 0.3) is 11.4 Å². The zero-order valence-corrected chi connectivity index (χ0v) is 16.9. The number of carboxylic acid groups (broad SMARTS) is 1. The van der Waals surface area contributed by atoms with Gasteiger partial charge in [0.2, 0.25) is 0 Å². The van der Waals surface area contributed by atoms with Gasteiger partial charge in [0.15, 0.2) is 0 Å². The van der Waals surface area contributed by atoms with Crippen molar-refractivity contribution in [3.05, 3.63) is 59.8 Å². The van der Waals surface area contributed by atoms with E-state index in [0.29, 0.717) is 31.2 Å². The average Bonchev–Trinajstić information content (AvgIpc) is 3.24. The molecule has 4 rings (SSSR count). The van der Waals surface area contributed by atoms with Gasteiger partial charge in [-0.15, -0.1) is 0 Å². The lowest BCUT2D eigenvalue weighted by Gasteiger charge is -2.41. The molecular formula is C22H21FN6O2. The standard InChI is InChI=1S/C22H21FN6O2/c1-14-13-28(18-4-2-15(8-21(30)31)19(23)9-18)6-7-29(14)20-5-3-16(11-25-20)22-26-12-17(10-24)27-22/h2-5,9,11-12,14H,6-8,13H2,1H3,(H,26,27)(H,30,31)/t14-/m0/s1. The Morgan fingerprint density at radius 3 is 2.74 bits per heavy atom. The van der Waals surface area contributed by atoms with Gasteiger partial charge in [0, 0.05) is 43.1 Å². The Hall–Kier alpha value is -3.93. The molecule has 158 valence electrons. The molecule has 0 aliphatic carbocycles. The summed E-state index contributed by atoms with van der Waals surface area (Å²) < 4.78 is 14.3. The normalized spacial score (nSPS) is 16.2. The number of nitrogens with zero attached hydrogens (tertiary/aromatic N) is 5. The van der Waals surface area contributed by atoms with Crippen LogP contribution in [0.4, 0.5) is 15.9 Å². The molecule has 2 N–H and O–H groups in total. The number of pyridine rings is 1. The number of halogens is 1. The first-order valence-electron chi connectivity index (χ1n) is 9.88. The quantitative estimate of drug-likeness (QED) is 0.653. The van der Waals surface area contributed by atoms with Gasteiger partial charge in [-0.1, -0.05) is 6.07 Å². The molecule has 0 unspecified atom stereocenters. The van der Waals surface area contributed by atoms with Crippen LogP contribution < -0.4 is 9.80 Å². The predicted molar refractivity (Wildman–Crippen MR) is 113 cm³/mol. The van der Waals surface area contributed by atoms with Crippen LogP contribution in [-0.2, 0) is 11.2 Å². The maximum absolute atomic E-state index is 14.3. The third-order valence-corrected chi connectivity index (χ3v) is 5.38. The van der Waals surface area contributed by atoms with Crippen LogP contribution in [0, 0.1) is 17.1 Å². The number of piperazine rings is 1. The van der Waals surface area contributed by atoms with Gasteiger partial charge in [0.05, 0.1) is 12.6 Å². The average molecular weight is 420 g/mol. The van der Waals surface area contributed by atoms with E-state index < -0.39 is 11.8 Å². The zero-order chi connectivity index (χ0) is 22.0. The van der Waals surface area contributed by atoms with E-state index in [1.807, 2.05) is 18.2 Å². The maximum Gasteiger partial charge on any atom is 0.307 e. The molecule has 9 heteroatoms. The summed E-state index contributed by atoms with van der Waals surface area (Å²) >= 11 is 0. The van der Waals surface area contributed by atoms with Crippen molar-refractivity contribution in [3.8, 4) is 17.5 Å². The van der Waals surface area contributed by atoms with Crippen LogP contribution in [-0.4, -0.2) is 51.7 Å². The summed E-state index contributed by atoms with van der Waals surface area (Å²) in [5, 5.41) is 17.8. The van der Waals surface area contributed by atoms with Crippen LogP contribution >= 0.6 is 0 Å².